The molecule has 4 nitrogen and oxygen atoms in total. The maximum Gasteiger partial charge on any atom is 0.244 e. The Morgan fingerprint density at radius 2 is 1.86 bits per heavy atom. The molecule has 5 heteroatoms. The molecule has 0 aliphatic rings. The Labute approximate surface area is 174 Å². The predicted octanol–water partition coefficient (Wildman–Crippen LogP) is 5.34. The van der Waals surface area contributed by atoms with Gasteiger partial charge in [-0.2, -0.15) is 0 Å². The first kappa shape index (κ1) is 19.4. The molecule has 0 spiro atoms. The molecule has 2 heterocycles. The third-order valence-electron chi connectivity index (χ3n) is 5.00. The van der Waals surface area contributed by atoms with Gasteiger partial charge < -0.3 is 4.57 Å². The zero-order chi connectivity index (χ0) is 20.1. The topological polar surface area (TPSA) is 43.3 Å². The Hall–Kier alpha value is -2.89. The van der Waals surface area contributed by atoms with Crippen molar-refractivity contribution in [3.8, 4) is 0 Å². The summed E-state index contributed by atoms with van der Waals surface area (Å²) >= 11 is 1.68. The highest BCUT2D eigenvalue weighted by Gasteiger charge is 2.23. The lowest BCUT2D eigenvalue weighted by Gasteiger charge is -2.15. The minimum absolute atomic E-state index is 0.0163. The minimum Gasteiger partial charge on any atom is -0.343 e. The molecule has 4 rings (SSSR count). The van der Waals surface area contributed by atoms with Gasteiger partial charge in [-0.25, -0.2) is 5.48 Å². The SMILES string of the molecule is CCONC(=O)CC(c1cccs1)c1cn(Cc2ccccc2)c2ccccc12. The van der Waals surface area contributed by atoms with Crippen molar-refractivity contribution in [2.75, 3.05) is 6.61 Å². The second kappa shape index (κ2) is 9.07. The molecular formula is C24H24N2O2S. The molecule has 1 N–H and O–H groups in total. The van der Waals surface area contributed by atoms with Crippen LogP contribution in [0.2, 0.25) is 0 Å². The van der Waals surface area contributed by atoms with Gasteiger partial charge in [-0.1, -0.05) is 54.6 Å². The fraction of sp³-hybridized carbons (Fsp3) is 0.208. The number of aromatic nitrogens is 1. The van der Waals surface area contributed by atoms with Gasteiger partial charge in [0.25, 0.3) is 0 Å². The van der Waals surface area contributed by atoms with Crippen LogP contribution in [0, 0.1) is 0 Å². The summed E-state index contributed by atoms with van der Waals surface area (Å²) in [7, 11) is 0. The van der Waals surface area contributed by atoms with Crippen LogP contribution in [0.25, 0.3) is 10.9 Å². The molecule has 1 unspecified atom stereocenters. The van der Waals surface area contributed by atoms with Gasteiger partial charge >= 0.3 is 0 Å². The summed E-state index contributed by atoms with van der Waals surface area (Å²) in [5.41, 5.74) is 6.15. The van der Waals surface area contributed by atoms with Crippen molar-refractivity contribution in [3.05, 3.63) is 94.3 Å². The summed E-state index contributed by atoms with van der Waals surface area (Å²) < 4.78 is 2.28. The Morgan fingerprint density at radius 3 is 2.62 bits per heavy atom. The predicted molar refractivity (Wildman–Crippen MR) is 118 cm³/mol. The van der Waals surface area contributed by atoms with Gasteiger partial charge in [-0.15, -0.1) is 11.3 Å². The number of rotatable bonds is 8. The van der Waals surface area contributed by atoms with Crippen LogP contribution in [0.1, 0.15) is 35.3 Å². The maximum atomic E-state index is 12.5. The molecule has 0 saturated heterocycles. The Morgan fingerprint density at radius 1 is 1.07 bits per heavy atom. The zero-order valence-corrected chi connectivity index (χ0v) is 17.2. The maximum absolute atomic E-state index is 12.5. The first-order valence-corrected chi connectivity index (χ1v) is 10.7. The first-order valence-electron chi connectivity index (χ1n) is 9.82. The van der Waals surface area contributed by atoms with E-state index in [4.69, 9.17) is 4.84 Å². The first-order chi connectivity index (χ1) is 14.3. The summed E-state index contributed by atoms with van der Waals surface area (Å²) in [5, 5.41) is 3.25. The molecule has 2 aromatic heterocycles. The van der Waals surface area contributed by atoms with Crippen molar-refractivity contribution in [2.24, 2.45) is 0 Å². The normalized spacial score (nSPS) is 12.2. The van der Waals surface area contributed by atoms with E-state index in [1.807, 2.05) is 19.1 Å². The smallest absolute Gasteiger partial charge is 0.244 e. The third-order valence-corrected chi connectivity index (χ3v) is 5.98. The van der Waals surface area contributed by atoms with E-state index in [1.54, 1.807) is 11.3 Å². The average molecular weight is 405 g/mol. The molecule has 148 valence electrons. The Bertz CT molecular complexity index is 1070. The molecule has 0 fully saturated rings. The molecule has 0 aliphatic heterocycles. The standard InChI is InChI=1S/C24H24N2O2S/c1-2-28-25-24(27)15-20(23-13-8-14-29-23)21-17-26(16-18-9-4-3-5-10-18)22-12-7-6-11-19(21)22/h3-14,17,20H,2,15-16H2,1H3,(H,25,27). The quantitative estimate of drug-likeness (QED) is 0.403. The second-order valence-electron chi connectivity index (χ2n) is 6.95. The monoisotopic (exact) mass is 404 g/mol. The number of hydrogen-bond acceptors (Lipinski definition) is 3. The number of nitrogens with one attached hydrogen (secondary N) is 1. The van der Waals surface area contributed by atoms with Gasteiger partial charge in [0.05, 0.1) is 6.61 Å². The number of hydrogen-bond donors (Lipinski definition) is 1. The molecule has 0 bridgehead atoms. The van der Waals surface area contributed by atoms with Gasteiger partial charge in [0.15, 0.2) is 0 Å². The van der Waals surface area contributed by atoms with Crippen molar-refractivity contribution >= 4 is 28.1 Å². The van der Waals surface area contributed by atoms with E-state index < -0.39 is 0 Å². The Balaban J connectivity index is 1.74. The van der Waals surface area contributed by atoms with Crippen LogP contribution < -0.4 is 5.48 Å². The molecule has 0 radical (unpaired) electrons. The fourth-order valence-corrected chi connectivity index (χ4v) is 4.54. The van der Waals surface area contributed by atoms with Gasteiger partial charge in [-0.05, 0) is 35.6 Å². The van der Waals surface area contributed by atoms with Crippen molar-refractivity contribution in [1.82, 2.24) is 10.0 Å². The van der Waals surface area contributed by atoms with E-state index >= 15 is 0 Å². The number of hydroxylamine groups is 1. The molecule has 29 heavy (non-hydrogen) atoms. The van der Waals surface area contributed by atoms with Crippen LogP contribution >= 0.6 is 11.3 Å². The van der Waals surface area contributed by atoms with E-state index in [0.717, 1.165) is 6.54 Å². The summed E-state index contributed by atoms with van der Waals surface area (Å²) in [5.74, 6) is -0.123. The van der Waals surface area contributed by atoms with Gasteiger partial charge in [0, 0.05) is 40.9 Å². The largest absolute Gasteiger partial charge is 0.343 e. The molecule has 1 amide bonds. The van der Waals surface area contributed by atoms with Crippen LogP contribution in [0.4, 0.5) is 0 Å². The van der Waals surface area contributed by atoms with Crippen molar-refractivity contribution < 1.29 is 9.63 Å². The highest BCUT2D eigenvalue weighted by atomic mass is 32.1. The molecule has 0 saturated carbocycles. The van der Waals surface area contributed by atoms with Crippen LogP contribution in [0.5, 0.6) is 0 Å². The van der Waals surface area contributed by atoms with Crippen LogP contribution in [0.15, 0.2) is 78.3 Å². The van der Waals surface area contributed by atoms with E-state index in [2.05, 4.69) is 76.2 Å². The number of benzene rings is 2. The Kier molecular flexibility index (Phi) is 6.08. The number of thiophene rings is 1. The summed E-state index contributed by atoms with van der Waals surface area (Å²) in [6.45, 7) is 3.10. The van der Waals surface area contributed by atoms with Crippen LogP contribution in [0.3, 0.4) is 0 Å². The second-order valence-corrected chi connectivity index (χ2v) is 7.92. The lowest BCUT2D eigenvalue weighted by atomic mass is 9.93. The fourth-order valence-electron chi connectivity index (χ4n) is 3.70. The van der Waals surface area contributed by atoms with E-state index in [-0.39, 0.29) is 11.8 Å². The number of nitrogens with zero attached hydrogens (tertiary/aromatic N) is 1. The van der Waals surface area contributed by atoms with Gasteiger partial charge in [-0.3, -0.25) is 9.63 Å². The number of carbonyl (C=O) groups excluding carboxylic acids is 1. The molecular weight excluding hydrogens is 380 g/mol. The van der Waals surface area contributed by atoms with Crippen LogP contribution in [-0.2, 0) is 16.2 Å². The van der Waals surface area contributed by atoms with E-state index in [9.17, 15) is 4.79 Å². The van der Waals surface area contributed by atoms with Gasteiger partial charge in [0.2, 0.25) is 5.91 Å². The lowest BCUT2D eigenvalue weighted by Crippen LogP contribution is -2.25. The van der Waals surface area contributed by atoms with Gasteiger partial charge in [0.1, 0.15) is 0 Å². The van der Waals surface area contributed by atoms with Crippen LogP contribution in [-0.4, -0.2) is 17.1 Å². The average Bonchev–Trinajstić information content (AvgIpc) is 3.40. The zero-order valence-electron chi connectivity index (χ0n) is 16.4. The van der Waals surface area contributed by atoms with Crippen molar-refractivity contribution in [1.29, 1.82) is 0 Å². The van der Waals surface area contributed by atoms with Crippen molar-refractivity contribution in [2.45, 2.75) is 25.8 Å². The highest BCUT2D eigenvalue weighted by Crippen LogP contribution is 2.37. The summed E-state index contributed by atoms with van der Waals surface area (Å²) in [4.78, 5) is 18.8. The van der Waals surface area contributed by atoms with Crippen molar-refractivity contribution in [3.63, 3.8) is 0 Å². The molecule has 0 aliphatic carbocycles. The van der Waals surface area contributed by atoms with E-state index in [1.165, 1.54) is 26.9 Å². The minimum atomic E-state index is -0.106. The molecule has 1 atom stereocenters. The van der Waals surface area contributed by atoms with E-state index in [0.29, 0.717) is 13.0 Å². The number of fused-ring (bicyclic) bond motifs is 1. The summed E-state index contributed by atoms with van der Waals surface area (Å²) in [6, 6.07) is 23.0. The molecule has 4 aromatic rings. The number of amides is 1. The summed E-state index contributed by atoms with van der Waals surface area (Å²) in [6.07, 6.45) is 2.55. The molecule has 2 aromatic carbocycles. The number of para-hydroxylation sites is 1. The lowest BCUT2D eigenvalue weighted by molar-refractivity contribution is -0.133. The highest BCUT2D eigenvalue weighted by molar-refractivity contribution is 7.10. The third kappa shape index (κ3) is 4.42. The number of carbonyl (C=O) groups is 1.